The summed E-state index contributed by atoms with van der Waals surface area (Å²) in [5.41, 5.74) is 2.60. The van der Waals surface area contributed by atoms with Crippen molar-refractivity contribution in [2.24, 2.45) is 0 Å². The van der Waals surface area contributed by atoms with E-state index < -0.39 is 11.7 Å². The van der Waals surface area contributed by atoms with Gasteiger partial charge in [-0.2, -0.15) is 0 Å². The van der Waals surface area contributed by atoms with Crippen molar-refractivity contribution in [1.82, 2.24) is 9.88 Å². The van der Waals surface area contributed by atoms with Crippen LogP contribution in [0, 0.1) is 0 Å². The molecule has 8 nitrogen and oxygen atoms in total. The second-order valence-corrected chi connectivity index (χ2v) is 12.9. The summed E-state index contributed by atoms with van der Waals surface area (Å²) in [5.74, 6) is 0.622. The number of β-amino-alcohol motifs (C(OH)–C–C–N with tert-alkyl or cyclic N) is 1. The van der Waals surface area contributed by atoms with E-state index in [0.29, 0.717) is 28.9 Å². The molecule has 5 rings (SSSR count). The lowest BCUT2D eigenvalue weighted by Crippen LogP contribution is -2.56. The lowest BCUT2D eigenvalue weighted by molar-refractivity contribution is -0.169. The molecule has 2 aliphatic rings. The van der Waals surface area contributed by atoms with Crippen molar-refractivity contribution in [3.63, 3.8) is 0 Å². The van der Waals surface area contributed by atoms with Crippen LogP contribution < -0.4 is 9.64 Å². The van der Waals surface area contributed by atoms with Crippen molar-refractivity contribution < 1.29 is 24.4 Å². The molecular weight excluding hydrogens is 601 g/mol. The number of aliphatic hydroxyl groups excluding tert-OH is 1. The van der Waals surface area contributed by atoms with E-state index in [9.17, 15) is 10.2 Å². The number of aromatic nitrogens is 1. The Bertz CT molecular complexity index is 1330. The highest BCUT2D eigenvalue weighted by Gasteiger charge is 2.33. The van der Waals surface area contributed by atoms with Gasteiger partial charge in [-0.3, -0.25) is 9.88 Å². The molecule has 44 heavy (non-hydrogen) atoms. The molecule has 0 aliphatic carbocycles. The van der Waals surface area contributed by atoms with E-state index in [4.69, 9.17) is 37.4 Å². The quantitative estimate of drug-likeness (QED) is 0.255. The van der Waals surface area contributed by atoms with Crippen LogP contribution in [0.5, 0.6) is 5.75 Å². The Balaban J connectivity index is 1.26. The minimum absolute atomic E-state index is 0.0992. The molecular formula is C34H43Cl2N3O5. The van der Waals surface area contributed by atoms with E-state index in [0.717, 1.165) is 68.9 Å². The maximum atomic E-state index is 11.6. The number of benzene rings is 2. The fourth-order valence-corrected chi connectivity index (χ4v) is 6.26. The Labute approximate surface area is 270 Å². The highest BCUT2D eigenvalue weighted by atomic mass is 35.5. The third-order valence-corrected chi connectivity index (χ3v) is 8.76. The molecule has 2 fully saturated rings. The van der Waals surface area contributed by atoms with Crippen LogP contribution in [0.1, 0.15) is 49.9 Å². The standard InChI is InChI=1S/C34H43Cl2N3O5/c1-24(40)21-43-30-12-13-32(31(36)18-30)39-15-14-38(20-29(39)17-25-6-9-27(35)10-7-25)23-34(2,41)26-8-11-28(37-19-26)22-44-33-5-3-4-16-42-33/h6-13,18-19,24,29,33,40-41H,3-5,14-17,20-23H2,1-2H3/t24-,29?,33?,34-/m1/s1. The first-order chi connectivity index (χ1) is 21.2. The van der Waals surface area contributed by atoms with E-state index >= 15 is 0 Å². The van der Waals surface area contributed by atoms with Gasteiger partial charge in [0.15, 0.2) is 6.29 Å². The Morgan fingerprint density at radius 3 is 2.59 bits per heavy atom. The van der Waals surface area contributed by atoms with Crippen LogP contribution in [-0.4, -0.2) is 77.9 Å². The minimum atomic E-state index is -1.09. The summed E-state index contributed by atoms with van der Waals surface area (Å²) < 4.78 is 17.2. The Kier molecular flexibility index (Phi) is 11.4. The summed E-state index contributed by atoms with van der Waals surface area (Å²) in [4.78, 5) is 9.22. The Morgan fingerprint density at radius 2 is 1.91 bits per heavy atom. The van der Waals surface area contributed by atoms with Gasteiger partial charge in [-0.05, 0) is 75.4 Å². The van der Waals surface area contributed by atoms with Crippen LogP contribution in [0.2, 0.25) is 10.0 Å². The molecule has 3 heterocycles. The maximum Gasteiger partial charge on any atom is 0.158 e. The molecule has 0 amide bonds. The predicted octanol–water partition coefficient (Wildman–Crippen LogP) is 5.83. The van der Waals surface area contributed by atoms with Crippen molar-refractivity contribution in [1.29, 1.82) is 0 Å². The van der Waals surface area contributed by atoms with Crippen LogP contribution >= 0.6 is 23.2 Å². The van der Waals surface area contributed by atoms with Gasteiger partial charge in [0.25, 0.3) is 0 Å². The third-order valence-electron chi connectivity index (χ3n) is 8.20. The molecule has 3 aromatic rings. The van der Waals surface area contributed by atoms with Gasteiger partial charge in [-0.1, -0.05) is 41.4 Å². The van der Waals surface area contributed by atoms with Crippen LogP contribution in [0.3, 0.4) is 0 Å². The molecule has 2 N–H and O–H groups in total. The number of pyridine rings is 1. The zero-order valence-corrected chi connectivity index (χ0v) is 27.0. The third kappa shape index (κ3) is 9.07. The molecule has 2 saturated heterocycles. The molecule has 2 aromatic carbocycles. The summed E-state index contributed by atoms with van der Waals surface area (Å²) in [6.45, 7) is 7.55. The zero-order chi connectivity index (χ0) is 31.1. The first-order valence-electron chi connectivity index (χ1n) is 15.4. The lowest BCUT2D eigenvalue weighted by Gasteiger charge is -2.45. The predicted molar refractivity (Wildman–Crippen MR) is 174 cm³/mol. The number of nitrogens with zero attached hydrogens (tertiary/aromatic N) is 3. The molecule has 0 saturated carbocycles. The second-order valence-electron chi connectivity index (χ2n) is 12.1. The van der Waals surface area contributed by atoms with E-state index in [2.05, 4.69) is 26.9 Å². The van der Waals surface area contributed by atoms with Crippen molar-refractivity contribution in [3.05, 3.63) is 87.7 Å². The number of aliphatic hydroxyl groups is 2. The average Bonchev–Trinajstić information content (AvgIpc) is 3.01. The van der Waals surface area contributed by atoms with Crippen molar-refractivity contribution >= 4 is 28.9 Å². The van der Waals surface area contributed by atoms with Gasteiger partial charge < -0.3 is 29.3 Å². The fourth-order valence-electron chi connectivity index (χ4n) is 5.85. The number of rotatable bonds is 12. The van der Waals surface area contributed by atoms with Crippen molar-refractivity contribution in [2.45, 2.75) is 70.2 Å². The summed E-state index contributed by atoms with van der Waals surface area (Å²) in [6.07, 6.45) is 4.93. The minimum Gasteiger partial charge on any atom is -0.491 e. The van der Waals surface area contributed by atoms with Gasteiger partial charge in [0, 0.05) is 61.7 Å². The molecule has 0 radical (unpaired) electrons. The average molecular weight is 645 g/mol. The lowest BCUT2D eigenvalue weighted by atomic mass is 9.95. The first-order valence-corrected chi connectivity index (χ1v) is 16.2. The summed E-state index contributed by atoms with van der Waals surface area (Å²) in [6, 6.07) is 17.6. The largest absolute Gasteiger partial charge is 0.491 e. The van der Waals surface area contributed by atoms with Gasteiger partial charge in [0.1, 0.15) is 18.0 Å². The molecule has 238 valence electrons. The van der Waals surface area contributed by atoms with Crippen LogP contribution in [0.4, 0.5) is 5.69 Å². The number of hydrogen-bond donors (Lipinski definition) is 2. The summed E-state index contributed by atoms with van der Waals surface area (Å²) >= 11 is 13.0. The number of ether oxygens (including phenoxy) is 3. The van der Waals surface area contributed by atoms with Crippen LogP contribution in [0.25, 0.3) is 0 Å². The van der Waals surface area contributed by atoms with Crippen LogP contribution in [-0.2, 0) is 28.1 Å². The number of anilines is 1. The maximum absolute atomic E-state index is 11.6. The Morgan fingerprint density at radius 1 is 1.09 bits per heavy atom. The SMILES string of the molecule is C[C@@H](O)COc1ccc(N2CCN(C[C@@](C)(O)c3ccc(COC4CCCCO4)nc3)CC2Cc2ccc(Cl)cc2)c(Cl)c1. The topological polar surface area (TPSA) is 87.5 Å². The molecule has 10 heteroatoms. The molecule has 0 bridgehead atoms. The van der Waals surface area contributed by atoms with Crippen molar-refractivity contribution in [2.75, 3.05) is 44.3 Å². The normalized spacial score (nSPS) is 21.5. The number of piperazine rings is 1. The molecule has 0 spiro atoms. The number of halogens is 2. The number of hydrogen-bond acceptors (Lipinski definition) is 8. The monoisotopic (exact) mass is 643 g/mol. The molecule has 2 unspecified atom stereocenters. The smallest absolute Gasteiger partial charge is 0.158 e. The highest BCUT2D eigenvalue weighted by molar-refractivity contribution is 6.33. The van der Waals surface area contributed by atoms with E-state index in [-0.39, 0.29) is 18.9 Å². The summed E-state index contributed by atoms with van der Waals surface area (Å²) in [5, 5.41) is 22.5. The van der Waals surface area contributed by atoms with Gasteiger partial charge in [-0.15, -0.1) is 0 Å². The van der Waals surface area contributed by atoms with E-state index in [1.165, 1.54) is 5.56 Å². The fraction of sp³-hybridized carbons (Fsp3) is 0.500. The molecule has 1 aromatic heterocycles. The molecule has 2 aliphatic heterocycles. The molecule has 4 atom stereocenters. The van der Waals surface area contributed by atoms with Gasteiger partial charge >= 0.3 is 0 Å². The van der Waals surface area contributed by atoms with Crippen molar-refractivity contribution in [3.8, 4) is 5.75 Å². The first kappa shape index (κ1) is 32.9. The Hall–Kier alpha value is -2.43. The second kappa shape index (κ2) is 15.2. The van der Waals surface area contributed by atoms with Gasteiger partial charge in [-0.25, -0.2) is 0 Å². The summed E-state index contributed by atoms with van der Waals surface area (Å²) in [7, 11) is 0. The van der Waals surface area contributed by atoms with Gasteiger partial charge in [0.05, 0.1) is 29.1 Å². The van der Waals surface area contributed by atoms with Gasteiger partial charge in [0.2, 0.25) is 0 Å². The van der Waals surface area contributed by atoms with E-state index in [1.54, 1.807) is 19.2 Å². The zero-order valence-electron chi connectivity index (χ0n) is 25.5. The highest BCUT2D eigenvalue weighted by Crippen LogP contribution is 2.34. The van der Waals surface area contributed by atoms with Crippen LogP contribution in [0.15, 0.2) is 60.8 Å². The van der Waals surface area contributed by atoms with E-state index in [1.807, 2.05) is 43.3 Å².